The van der Waals surface area contributed by atoms with E-state index in [1.807, 2.05) is 0 Å². The monoisotopic (exact) mass is 322 g/mol. The minimum Gasteiger partial charge on any atom is -0.478 e. The van der Waals surface area contributed by atoms with Crippen LogP contribution in [0.1, 0.15) is 21.6 Å². The Labute approximate surface area is 130 Å². The van der Waals surface area contributed by atoms with E-state index in [2.05, 4.69) is 9.69 Å². The van der Waals surface area contributed by atoms with Crippen molar-refractivity contribution in [2.24, 2.45) is 0 Å². The van der Waals surface area contributed by atoms with Crippen LogP contribution >= 0.6 is 23.1 Å². The van der Waals surface area contributed by atoms with Crippen molar-refractivity contribution in [1.29, 1.82) is 0 Å². The maximum atomic E-state index is 11.8. The first-order chi connectivity index (χ1) is 9.97. The fourth-order valence-electron chi connectivity index (χ4n) is 1.61. The molecule has 2 rings (SSSR count). The van der Waals surface area contributed by atoms with Crippen molar-refractivity contribution in [3.63, 3.8) is 0 Å². The van der Waals surface area contributed by atoms with E-state index in [9.17, 15) is 9.59 Å². The van der Waals surface area contributed by atoms with E-state index < -0.39 is 11.9 Å². The van der Waals surface area contributed by atoms with Gasteiger partial charge in [-0.3, -0.25) is 4.79 Å². The average Bonchev–Trinajstić information content (AvgIpc) is 2.79. The molecule has 7 heteroatoms. The Morgan fingerprint density at radius 3 is 2.62 bits per heavy atom. The molecule has 1 aromatic carbocycles. The number of nitrogens with one attached hydrogen (secondary N) is 1. The highest BCUT2D eigenvalue weighted by Crippen LogP contribution is 2.24. The minimum absolute atomic E-state index is 0.0215. The molecule has 1 amide bonds. The van der Waals surface area contributed by atoms with E-state index in [0.717, 1.165) is 17.1 Å². The third kappa shape index (κ3) is 3.90. The lowest BCUT2D eigenvalue weighted by molar-refractivity contribution is -0.111. The van der Waals surface area contributed by atoms with E-state index in [-0.39, 0.29) is 10.6 Å². The lowest BCUT2D eigenvalue weighted by Crippen LogP contribution is -2.10. The zero-order valence-corrected chi connectivity index (χ0v) is 12.5. The van der Waals surface area contributed by atoms with E-state index >= 15 is 0 Å². The molecule has 0 saturated heterocycles. The molecule has 0 fully saturated rings. The number of anilines is 1. The summed E-state index contributed by atoms with van der Waals surface area (Å²) in [6.45, 7) is 1.58. The number of aromatic nitrogens is 1. The van der Waals surface area contributed by atoms with Crippen molar-refractivity contribution in [3.05, 3.63) is 52.2 Å². The Kier molecular flexibility index (Phi) is 4.72. The van der Waals surface area contributed by atoms with Gasteiger partial charge in [0.1, 0.15) is 10.6 Å². The standard InChI is InChI=1S/C14H11ClN2O3S/c1-8-12(14(19)20)13(21-17-8)16-11(18)7-4-9-2-5-10(15)6-3-9/h2-7H,1H3,(H,16,18)(H,19,20)/b7-4+. The van der Waals surface area contributed by atoms with Crippen molar-refractivity contribution >= 4 is 46.1 Å². The Morgan fingerprint density at radius 2 is 2.00 bits per heavy atom. The number of carboxylic acids is 1. The predicted octanol–water partition coefficient (Wildman–Crippen LogP) is 3.46. The number of aromatic carboxylic acids is 1. The van der Waals surface area contributed by atoms with Crippen molar-refractivity contribution < 1.29 is 14.7 Å². The molecule has 0 aliphatic rings. The summed E-state index contributed by atoms with van der Waals surface area (Å²) in [5.41, 5.74) is 1.21. The molecule has 1 aromatic heterocycles. The number of carbonyl (C=O) groups excluding carboxylic acids is 1. The predicted molar refractivity (Wildman–Crippen MR) is 82.9 cm³/mol. The largest absolute Gasteiger partial charge is 0.478 e. The topological polar surface area (TPSA) is 79.3 Å². The minimum atomic E-state index is -1.11. The third-order valence-electron chi connectivity index (χ3n) is 2.61. The zero-order chi connectivity index (χ0) is 15.4. The van der Waals surface area contributed by atoms with Gasteiger partial charge in [0.15, 0.2) is 0 Å². The van der Waals surface area contributed by atoms with Gasteiger partial charge in [-0.25, -0.2) is 4.79 Å². The van der Waals surface area contributed by atoms with Crippen LogP contribution in [-0.4, -0.2) is 21.4 Å². The molecular formula is C14H11ClN2O3S. The molecule has 0 aliphatic heterocycles. The van der Waals surface area contributed by atoms with Gasteiger partial charge in [-0.05, 0) is 42.2 Å². The van der Waals surface area contributed by atoms with Gasteiger partial charge >= 0.3 is 5.97 Å². The second-order valence-corrected chi connectivity index (χ2v) is 5.36. The first-order valence-corrected chi connectivity index (χ1v) is 7.06. The quantitative estimate of drug-likeness (QED) is 0.845. The van der Waals surface area contributed by atoms with E-state index in [1.54, 1.807) is 37.3 Å². The summed E-state index contributed by atoms with van der Waals surface area (Å²) in [6.07, 6.45) is 2.93. The van der Waals surface area contributed by atoms with Gasteiger partial charge in [0.05, 0.1) is 5.69 Å². The maximum Gasteiger partial charge on any atom is 0.340 e. The normalized spacial score (nSPS) is 10.8. The molecule has 21 heavy (non-hydrogen) atoms. The first-order valence-electron chi connectivity index (χ1n) is 5.91. The van der Waals surface area contributed by atoms with Crippen LogP contribution in [0, 0.1) is 6.92 Å². The smallest absolute Gasteiger partial charge is 0.340 e. The van der Waals surface area contributed by atoms with Crippen LogP contribution in [-0.2, 0) is 4.79 Å². The SMILES string of the molecule is Cc1nsc(NC(=O)/C=C/c2ccc(Cl)cc2)c1C(=O)O. The van der Waals surface area contributed by atoms with Gasteiger partial charge in [0.2, 0.25) is 5.91 Å². The fraction of sp³-hybridized carbons (Fsp3) is 0.0714. The molecule has 1 heterocycles. The molecule has 2 aromatic rings. The van der Waals surface area contributed by atoms with Gasteiger partial charge in [-0.2, -0.15) is 4.37 Å². The number of hydrogen-bond acceptors (Lipinski definition) is 4. The second-order valence-electron chi connectivity index (χ2n) is 4.15. The summed E-state index contributed by atoms with van der Waals surface area (Å²) >= 11 is 6.71. The number of benzene rings is 1. The second kappa shape index (κ2) is 6.51. The van der Waals surface area contributed by atoms with Crippen LogP contribution in [0.15, 0.2) is 30.3 Å². The van der Waals surface area contributed by atoms with Crippen molar-refractivity contribution in [2.75, 3.05) is 5.32 Å². The van der Waals surface area contributed by atoms with Gasteiger partial charge in [0, 0.05) is 11.1 Å². The zero-order valence-electron chi connectivity index (χ0n) is 11.0. The van der Waals surface area contributed by atoms with Crippen LogP contribution in [0.5, 0.6) is 0 Å². The molecule has 108 valence electrons. The van der Waals surface area contributed by atoms with Crippen molar-refractivity contribution in [2.45, 2.75) is 6.92 Å². The average molecular weight is 323 g/mol. The van der Waals surface area contributed by atoms with Crippen LogP contribution in [0.4, 0.5) is 5.00 Å². The van der Waals surface area contributed by atoms with Crippen molar-refractivity contribution in [3.8, 4) is 0 Å². The molecule has 5 nitrogen and oxygen atoms in total. The summed E-state index contributed by atoms with van der Waals surface area (Å²) in [4.78, 5) is 22.9. The first kappa shape index (κ1) is 15.2. The number of nitrogens with zero attached hydrogens (tertiary/aromatic N) is 1. The molecule has 0 aliphatic carbocycles. The molecule has 0 bridgehead atoms. The molecule has 0 saturated carbocycles. The van der Waals surface area contributed by atoms with Crippen LogP contribution in [0.25, 0.3) is 6.08 Å². The number of hydrogen-bond donors (Lipinski definition) is 2. The molecule has 0 radical (unpaired) electrons. The lowest BCUT2D eigenvalue weighted by atomic mass is 10.2. The fourth-order valence-corrected chi connectivity index (χ4v) is 2.52. The highest BCUT2D eigenvalue weighted by molar-refractivity contribution is 7.11. The molecule has 0 atom stereocenters. The summed E-state index contributed by atoms with van der Waals surface area (Å²) in [7, 11) is 0. The number of amides is 1. The van der Waals surface area contributed by atoms with Crippen LogP contribution in [0.2, 0.25) is 5.02 Å². The number of carboxylic acid groups (broad SMARTS) is 1. The third-order valence-corrected chi connectivity index (χ3v) is 3.72. The summed E-state index contributed by atoms with van der Waals surface area (Å²) in [6, 6.07) is 6.97. The van der Waals surface area contributed by atoms with Gasteiger partial charge in [-0.15, -0.1) is 0 Å². The number of rotatable bonds is 4. The van der Waals surface area contributed by atoms with Gasteiger partial charge < -0.3 is 10.4 Å². The lowest BCUT2D eigenvalue weighted by Gasteiger charge is -2.00. The summed E-state index contributed by atoms with van der Waals surface area (Å²) in [5, 5.41) is 12.4. The van der Waals surface area contributed by atoms with Gasteiger partial charge in [-0.1, -0.05) is 23.7 Å². The van der Waals surface area contributed by atoms with Crippen LogP contribution in [0.3, 0.4) is 0 Å². The highest BCUT2D eigenvalue weighted by Gasteiger charge is 2.18. The van der Waals surface area contributed by atoms with Gasteiger partial charge in [0.25, 0.3) is 0 Å². The molecular weight excluding hydrogens is 312 g/mol. The van der Waals surface area contributed by atoms with Crippen LogP contribution < -0.4 is 5.32 Å². The number of carbonyl (C=O) groups is 2. The Bertz CT molecular complexity index is 708. The molecule has 0 spiro atoms. The Hall–Kier alpha value is -2.18. The van der Waals surface area contributed by atoms with E-state index in [4.69, 9.17) is 16.7 Å². The Morgan fingerprint density at radius 1 is 1.33 bits per heavy atom. The number of halogens is 1. The molecule has 0 unspecified atom stereocenters. The van der Waals surface area contributed by atoms with E-state index in [0.29, 0.717) is 10.7 Å². The summed E-state index contributed by atoms with van der Waals surface area (Å²) in [5.74, 6) is -1.53. The number of aryl methyl sites for hydroxylation is 1. The van der Waals surface area contributed by atoms with Crippen molar-refractivity contribution in [1.82, 2.24) is 4.37 Å². The molecule has 2 N–H and O–H groups in total. The van der Waals surface area contributed by atoms with E-state index in [1.165, 1.54) is 6.08 Å². The maximum absolute atomic E-state index is 11.8. The Balaban J connectivity index is 2.08. The summed E-state index contributed by atoms with van der Waals surface area (Å²) < 4.78 is 3.93. The highest BCUT2D eigenvalue weighted by atomic mass is 35.5.